The highest BCUT2D eigenvalue weighted by Gasteiger charge is 1.97. The van der Waals surface area contributed by atoms with Crippen LogP contribution in [-0.4, -0.2) is 26.2 Å². The molecule has 0 aliphatic heterocycles. The smallest absolute Gasteiger partial charge is 0.222 e. The molecule has 0 atom stereocenters. The van der Waals surface area contributed by atoms with Crippen molar-refractivity contribution in [3.63, 3.8) is 0 Å². The van der Waals surface area contributed by atoms with Gasteiger partial charge >= 0.3 is 0 Å². The normalized spacial score (nSPS) is 9.93. The molecule has 1 aromatic carbocycles. The molecule has 0 aromatic heterocycles. The largest absolute Gasteiger partial charge is 0.381 e. The molecule has 1 aromatic rings. The van der Waals surface area contributed by atoms with E-state index in [-0.39, 0.29) is 5.91 Å². The highest BCUT2D eigenvalue weighted by atomic mass is 16.5. The third-order valence-electron chi connectivity index (χ3n) is 2.13. The number of hydrogen-bond acceptors (Lipinski definition) is 2. The minimum absolute atomic E-state index is 0.0229. The second kappa shape index (κ2) is 7.01. The zero-order valence-corrected chi connectivity index (χ0v) is 9.03. The quantitative estimate of drug-likeness (QED) is 0.716. The van der Waals surface area contributed by atoms with Crippen molar-refractivity contribution in [2.45, 2.75) is 12.8 Å². The fourth-order valence-electron chi connectivity index (χ4n) is 1.23. The maximum Gasteiger partial charge on any atom is 0.222 e. The van der Waals surface area contributed by atoms with Crippen LogP contribution < -0.4 is 5.32 Å². The van der Waals surface area contributed by atoms with E-state index in [1.165, 1.54) is 5.56 Å². The van der Waals surface area contributed by atoms with Crippen LogP contribution in [0.4, 0.5) is 0 Å². The Bertz CT molecular complexity index is 285. The van der Waals surface area contributed by atoms with Gasteiger partial charge < -0.3 is 10.1 Å². The Balaban J connectivity index is 2.05. The Kier molecular flexibility index (Phi) is 5.48. The summed E-state index contributed by atoms with van der Waals surface area (Å²) in [4.78, 5) is 10.9. The Labute approximate surface area is 90.4 Å². The molecule has 0 radical (unpaired) electrons. The highest BCUT2D eigenvalue weighted by Crippen LogP contribution is 1.99. The fraction of sp³-hybridized carbons (Fsp3) is 0.417. The zero-order chi connectivity index (χ0) is 10.9. The Hall–Kier alpha value is -1.35. The molecule has 0 spiro atoms. The number of benzene rings is 1. The first kappa shape index (κ1) is 11.7. The molecule has 3 heteroatoms. The molecule has 82 valence electrons. The van der Waals surface area contributed by atoms with Crippen molar-refractivity contribution in [3.05, 3.63) is 35.9 Å². The predicted molar refractivity (Wildman–Crippen MR) is 59.6 cm³/mol. The van der Waals surface area contributed by atoms with Gasteiger partial charge in [-0.05, 0) is 12.0 Å². The van der Waals surface area contributed by atoms with Gasteiger partial charge in [0.15, 0.2) is 0 Å². The fourth-order valence-corrected chi connectivity index (χ4v) is 1.23. The number of hydrogen-bond donors (Lipinski definition) is 1. The van der Waals surface area contributed by atoms with Crippen molar-refractivity contribution >= 4 is 5.91 Å². The van der Waals surface area contributed by atoms with Crippen molar-refractivity contribution in [3.8, 4) is 0 Å². The molecule has 0 unspecified atom stereocenters. The number of amides is 1. The van der Waals surface area contributed by atoms with Crippen molar-refractivity contribution in [1.29, 1.82) is 0 Å². The molecule has 0 aliphatic rings. The summed E-state index contributed by atoms with van der Waals surface area (Å²) in [5.41, 5.74) is 1.26. The van der Waals surface area contributed by atoms with Crippen LogP contribution in [0, 0.1) is 0 Å². The summed E-state index contributed by atoms with van der Waals surface area (Å²) in [5.74, 6) is 0.0229. The lowest BCUT2D eigenvalue weighted by atomic mass is 10.2. The SMILES string of the molecule is CNC(=O)CCOCCc1ccccc1. The van der Waals surface area contributed by atoms with Gasteiger partial charge in [0, 0.05) is 13.5 Å². The molecular formula is C12H17NO2. The lowest BCUT2D eigenvalue weighted by molar-refractivity contribution is -0.121. The summed E-state index contributed by atoms with van der Waals surface area (Å²) >= 11 is 0. The standard InChI is InChI=1S/C12H17NO2/c1-13-12(14)8-10-15-9-7-11-5-3-2-4-6-11/h2-6H,7-10H2,1H3,(H,13,14). The zero-order valence-electron chi connectivity index (χ0n) is 9.03. The van der Waals surface area contributed by atoms with Crippen molar-refractivity contribution in [1.82, 2.24) is 5.32 Å². The van der Waals surface area contributed by atoms with Crippen LogP contribution in [0.1, 0.15) is 12.0 Å². The Morgan fingerprint density at radius 3 is 2.67 bits per heavy atom. The summed E-state index contributed by atoms with van der Waals surface area (Å²) < 4.78 is 5.35. The monoisotopic (exact) mass is 207 g/mol. The van der Waals surface area contributed by atoms with E-state index < -0.39 is 0 Å². The van der Waals surface area contributed by atoms with E-state index in [1.54, 1.807) is 7.05 Å². The second-order valence-corrected chi connectivity index (χ2v) is 3.27. The minimum atomic E-state index is 0.0229. The van der Waals surface area contributed by atoms with E-state index in [2.05, 4.69) is 17.4 Å². The van der Waals surface area contributed by atoms with Crippen LogP contribution in [0.2, 0.25) is 0 Å². The first-order chi connectivity index (χ1) is 7.33. The van der Waals surface area contributed by atoms with Gasteiger partial charge in [-0.1, -0.05) is 30.3 Å². The summed E-state index contributed by atoms with van der Waals surface area (Å²) in [6.07, 6.45) is 1.33. The molecule has 1 N–H and O–H groups in total. The predicted octanol–water partition coefficient (Wildman–Crippen LogP) is 1.38. The number of ether oxygens (including phenoxy) is 1. The van der Waals surface area contributed by atoms with Crippen molar-refractivity contribution in [2.75, 3.05) is 20.3 Å². The van der Waals surface area contributed by atoms with E-state index in [0.717, 1.165) is 6.42 Å². The van der Waals surface area contributed by atoms with Crippen LogP contribution in [0.3, 0.4) is 0 Å². The van der Waals surface area contributed by atoms with Crippen LogP contribution >= 0.6 is 0 Å². The Morgan fingerprint density at radius 2 is 2.00 bits per heavy atom. The van der Waals surface area contributed by atoms with Crippen LogP contribution in [0.25, 0.3) is 0 Å². The van der Waals surface area contributed by atoms with Gasteiger partial charge in [0.25, 0.3) is 0 Å². The van der Waals surface area contributed by atoms with E-state index in [4.69, 9.17) is 4.74 Å². The Morgan fingerprint density at radius 1 is 1.27 bits per heavy atom. The molecule has 15 heavy (non-hydrogen) atoms. The first-order valence-corrected chi connectivity index (χ1v) is 5.15. The first-order valence-electron chi connectivity index (χ1n) is 5.15. The van der Waals surface area contributed by atoms with E-state index in [9.17, 15) is 4.79 Å². The average molecular weight is 207 g/mol. The molecule has 0 fully saturated rings. The average Bonchev–Trinajstić information content (AvgIpc) is 2.29. The summed E-state index contributed by atoms with van der Waals surface area (Å²) in [5, 5.41) is 2.55. The van der Waals surface area contributed by atoms with E-state index in [0.29, 0.717) is 19.6 Å². The minimum Gasteiger partial charge on any atom is -0.381 e. The van der Waals surface area contributed by atoms with Gasteiger partial charge in [0.1, 0.15) is 0 Å². The van der Waals surface area contributed by atoms with Gasteiger partial charge in [-0.15, -0.1) is 0 Å². The van der Waals surface area contributed by atoms with Gasteiger partial charge in [-0.25, -0.2) is 0 Å². The van der Waals surface area contributed by atoms with Crippen LogP contribution in [-0.2, 0) is 16.0 Å². The number of carbonyl (C=O) groups excluding carboxylic acids is 1. The molecule has 3 nitrogen and oxygen atoms in total. The molecular weight excluding hydrogens is 190 g/mol. The third kappa shape index (κ3) is 5.18. The van der Waals surface area contributed by atoms with Gasteiger partial charge in [0.05, 0.1) is 13.2 Å². The molecule has 0 aliphatic carbocycles. The van der Waals surface area contributed by atoms with E-state index in [1.807, 2.05) is 18.2 Å². The molecule has 1 amide bonds. The topological polar surface area (TPSA) is 38.3 Å². The molecule has 0 heterocycles. The summed E-state index contributed by atoms with van der Waals surface area (Å²) in [6, 6.07) is 10.2. The van der Waals surface area contributed by atoms with Crippen LogP contribution in [0.15, 0.2) is 30.3 Å². The summed E-state index contributed by atoms with van der Waals surface area (Å²) in [7, 11) is 1.63. The molecule has 0 saturated carbocycles. The van der Waals surface area contributed by atoms with Gasteiger partial charge in [-0.3, -0.25) is 4.79 Å². The lowest BCUT2D eigenvalue weighted by Crippen LogP contribution is -2.19. The maximum atomic E-state index is 10.9. The van der Waals surface area contributed by atoms with Gasteiger partial charge in [0.2, 0.25) is 5.91 Å². The molecule has 0 saturated heterocycles. The van der Waals surface area contributed by atoms with E-state index >= 15 is 0 Å². The second-order valence-electron chi connectivity index (χ2n) is 3.27. The lowest BCUT2D eigenvalue weighted by Gasteiger charge is -2.03. The van der Waals surface area contributed by atoms with Crippen molar-refractivity contribution in [2.24, 2.45) is 0 Å². The van der Waals surface area contributed by atoms with Crippen LogP contribution in [0.5, 0.6) is 0 Å². The molecule has 1 rings (SSSR count). The number of carbonyl (C=O) groups is 1. The van der Waals surface area contributed by atoms with Gasteiger partial charge in [-0.2, -0.15) is 0 Å². The number of rotatable bonds is 6. The van der Waals surface area contributed by atoms with Crippen molar-refractivity contribution < 1.29 is 9.53 Å². The molecule has 0 bridgehead atoms. The maximum absolute atomic E-state index is 10.9. The summed E-state index contributed by atoms with van der Waals surface area (Å²) in [6.45, 7) is 1.16. The third-order valence-corrected chi connectivity index (χ3v) is 2.13. The number of nitrogens with one attached hydrogen (secondary N) is 1. The highest BCUT2D eigenvalue weighted by molar-refractivity contribution is 5.75.